The molecule has 0 heterocycles. The second-order valence-corrected chi connectivity index (χ2v) is 6.10. The number of nitrogens with one attached hydrogen (secondary N) is 2. The average molecular weight is 306 g/mol. The molecule has 1 saturated carbocycles. The van der Waals surface area contributed by atoms with Crippen LogP contribution in [-0.2, 0) is 0 Å². The van der Waals surface area contributed by atoms with Crippen molar-refractivity contribution in [3.05, 3.63) is 35.9 Å². The van der Waals surface area contributed by atoms with Crippen LogP contribution in [0.15, 0.2) is 30.3 Å². The molecule has 122 valence electrons. The number of amides is 2. The second kappa shape index (κ2) is 8.15. The zero-order chi connectivity index (χ0) is 15.8. The maximum atomic E-state index is 12.1. The molecule has 0 saturated heterocycles. The van der Waals surface area contributed by atoms with Gasteiger partial charge in [0.25, 0.3) is 0 Å². The van der Waals surface area contributed by atoms with E-state index in [0.717, 1.165) is 31.2 Å². The van der Waals surface area contributed by atoms with Crippen molar-refractivity contribution in [1.82, 2.24) is 10.6 Å². The highest BCUT2D eigenvalue weighted by Gasteiger charge is 2.34. The van der Waals surface area contributed by atoms with E-state index < -0.39 is 5.54 Å². The molecule has 1 aliphatic rings. The molecule has 5 nitrogen and oxygen atoms in total. The molecule has 5 heteroatoms. The Morgan fingerprint density at radius 1 is 1.18 bits per heavy atom. The lowest BCUT2D eigenvalue weighted by atomic mass is 9.96. The van der Waals surface area contributed by atoms with E-state index >= 15 is 0 Å². The van der Waals surface area contributed by atoms with E-state index in [0.29, 0.717) is 13.0 Å². The molecule has 22 heavy (non-hydrogen) atoms. The first-order chi connectivity index (χ1) is 10.7. The molecule has 4 N–H and O–H groups in total. The topological polar surface area (TPSA) is 81.6 Å². The summed E-state index contributed by atoms with van der Waals surface area (Å²) in [6.45, 7) is 0.542. The van der Waals surface area contributed by atoms with E-state index in [1.165, 1.54) is 0 Å². The summed E-state index contributed by atoms with van der Waals surface area (Å²) in [6, 6.07) is 9.64. The number of hydrogen-bond acceptors (Lipinski definition) is 3. The van der Waals surface area contributed by atoms with Gasteiger partial charge in [0.15, 0.2) is 0 Å². The van der Waals surface area contributed by atoms with E-state index in [9.17, 15) is 15.0 Å². The lowest BCUT2D eigenvalue weighted by Gasteiger charge is -2.28. The van der Waals surface area contributed by atoms with Gasteiger partial charge in [-0.25, -0.2) is 4.79 Å². The van der Waals surface area contributed by atoms with Crippen LogP contribution in [0.4, 0.5) is 4.79 Å². The average Bonchev–Trinajstić information content (AvgIpc) is 3.01. The van der Waals surface area contributed by atoms with Crippen LogP contribution >= 0.6 is 0 Å². The molecule has 0 aliphatic heterocycles. The van der Waals surface area contributed by atoms with Gasteiger partial charge in [-0.3, -0.25) is 0 Å². The van der Waals surface area contributed by atoms with Crippen molar-refractivity contribution in [2.75, 3.05) is 19.8 Å². The molecule has 0 aromatic heterocycles. The monoisotopic (exact) mass is 306 g/mol. The summed E-state index contributed by atoms with van der Waals surface area (Å²) in [5.74, 6) is 0.0885. The van der Waals surface area contributed by atoms with Gasteiger partial charge in [-0.15, -0.1) is 0 Å². The van der Waals surface area contributed by atoms with Crippen LogP contribution in [0, 0.1) is 0 Å². The fraction of sp³-hybridized carbons (Fsp3) is 0.588. The molecule has 1 aliphatic carbocycles. The molecule has 1 unspecified atom stereocenters. The van der Waals surface area contributed by atoms with Crippen LogP contribution < -0.4 is 10.6 Å². The third-order valence-electron chi connectivity index (χ3n) is 4.50. The van der Waals surface area contributed by atoms with Gasteiger partial charge in [0.2, 0.25) is 0 Å². The number of benzene rings is 1. The van der Waals surface area contributed by atoms with Crippen LogP contribution in [0.2, 0.25) is 0 Å². The van der Waals surface area contributed by atoms with Gasteiger partial charge >= 0.3 is 6.03 Å². The Morgan fingerprint density at radius 2 is 1.86 bits per heavy atom. The summed E-state index contributed by atoms with van der Waals surface area (Å²) in [6.07, 6.45) is 4.34. The highest BCUT2D eigenvalue weighted by atomic mass is 16.3. The molecule has 2 rings (SSSR count). The zero-order valence-electron chi connectivity index (χ0n) is 12.9. The van der Waals surface area contributed by atoms with Crippen molar-refractivity contribution in [3.63, 3.8) is 0 Å². The standard InChI is InChI=1S/C17H26N2O3/c20-11-8-15(14-6-2-1-3-7-14)12-18-16(22)19-17(13-21)9-4-5-10-17/h1-3,6-7,15,20-21H,4-5,8-13H2,(H2,18,19,22). The van der Waals surface area contributed by atoms with Crippen LogP contribution in [-0.4, -0.2) is 41.5 Å². The Morgan fingerprint density at radius 3 is 2.45 bits per heavy atom. The van der Waals surface area contributed by atoms with Gasteiger partial charge in [-0.2, -0.15) is 0 Å². The van der Waals surface area contributed by atoms with Crippen LogP contribution in [0.25, 0.3) is 0 Å². The summed E-state index contributed by atoms with van der Waals surface area (Å²) < 4.78 is 0. The molecule has 0 spiro atoms. The van der Waals surface area contributed by atoms with Crippen LogP contribution in [0.1, 0.15) is 43.6 Å². The number of urea groups is 1. The van der Waals surface area contributed by atoms with E-state index in [-0.39, 0.29) is 25.2 Å². The summed E-state index contributed by atoms with van der Waals surface area (Å²) >= 11 is 0. The first-order valence-electron chi connectivity index (χ1n) is 8.02. The SMILES string of the molecule is O=C(NCC(CCO)c1ccccc1)NC1(CO)CCCC1. The lowest BCUT2D eigenvalue weighted by Crippen LogP contribution is -2.53. The van der Waals surface area contributed by atoms with Crippen LogP contribution in [0.5, 0.6) is 0 Å². The zero-order valence-corrected chi connectivity index (χ0v) is 12.9. The fourth-order valence-corrected chi connectivity index (χ4v) is 3.14. The van der Waals surface area contributed by atoms with E-state index in [2.05, 4.69) is 10.6 Å². The Hall–Kier alpha value is -1.59. The van der Waals surface area contributed by atoms with E-state index in [1.807, 2.05) is 30.3 Å². The molecule has 0 radical (unpaired) electrons. The Bertz CT molecular complexity index is 458. The number of aliphatic hydroxyl groups is 2. The third-order valence-corrected chi connectivity index (χ3v) is 4.50. The highest BCUT2D eigenvalue weighted by Crippen LogP contribution is 2.29. The lowest BCUT2D eigenvalue weighted by molar-refractivity contribution is 0.162. The molecule has 1 aromatic rings. The predicted molar refractivity (Wildman–Crippen MR) is 85.7 cm³/mol. The van der Waals surface area contributed by atoms with Crippen molar-refractivity contribution in [2.45, 2.75) is 43.6 Å². The normalized spacial score (nSPS) is 17.9. The maximum Gasteiger partial charge on any atom is 0.315 e. The summed E-state index contributed by atoms with van der Waals surface area (Å²) in [7, 11) is 0. The summed E-state index contributed by atoms with van der Waals surface area (Å²) in [5, 5.41) is 24.5. The number of aliphatic hydroxyl groups excluding tert-OH is 2. The van der Waals surface area contributed by atoms with Crippen molar-refractivity contribution < 1.29 is 15.0 Å². The van der Waals surface area contributed by atoms with Gasteiger partial charge in [-0.1, -0.05) is 43.2 Å². The molecule has 1 fully saturated rings. The number of carbonyl (C=O) groups is 1. The molecule has 2 amide bonds. The van der Waals surface area contributed by atoms with E-state index in [4.69, 9.17) is 0 Å². The quantitative estimate of drug-likeness (QED) is 0.619. The van der Waals surface area contributed by atoms with Gasteiger partial charge < -0.3 is 20.8 Å². The summed E-state index contributed by atoms with van der Waals surface area (Å²) in [5.41, 5.74) is 0.651. The Kier molecular flexibility index (Phi) is 6.21. The smallest absolute Gasteiger partial charge is 0.315 e. The first-order valence-corrected chi connectivity index (χ1v) is 8.02. The first kappa shape index (κ1) is 16.8. The second-order valence-electron chi connectivity index (χ2n) is 6.10. The van der Waals surface area contributed by atoms with Crippen molar-refractivity contribution in [1.29, 1.82) is 0 Å². The number of carbonyl (C=O) groups excluding carboxylic acids is 1. The van der Waals surface area contributed by atoms with Crippen molar-refractivity contribution in [2.24, 2.45) is 0 Å². The number of hydrogen-bond donors (Lipinski definition) is 4. The maximum absolute atomic E-state index is 12.1. The minimum absolute atomic E-state index is 0.0147. The number of rotatable bonds is 7. The molecular weight excluding hydrogens is 280 g/mol. The Labute approximate surface area is 131 Å². The largest absolute Gasteiger partial charge is 0.396 e. The van der Waals surface area contributed by atoms with Crippen molar-refractivity contribution >= 4 is 6.03 Å². The fourth-order valence-electron chi connectivity index (χ4n) is 3.14. The highest BCUT2D eigenvalue weighted by molar-refractivity contribution is 5.75. The molecular formula is C17H26N2O3. The van der Waals surface area contributed by atoms with Gasteiger partial charge in [0.05, 0.1) is 12.1 Å². The Balaban J connectivity index is 1.88. The van der Waals surface area contributed by atoms with Gasteiger partial charge in [-0.05, 0) is 24.8 Å². The van der Waals surface area contributed by atoms with Crippen molar-refractivity contribution in [3.8, 4) is 0 Å². The molecule has 1 aromatic carbocycles. The van der Waals surface area contributed by atoms with Gasteiger partial charge in [0.1, 0.15) is 0 Å². The third kappa shape index (κ3) is 4.45. The van der Waals surface area contributed by atoms with Gasteiger partial charge in [0, 0.05) is 19.1 Å². The molecule has 1 atom stereocenters. The minimum atomic E-state index is -0.455. The summed E-state index contributed by atoms with van der Waals surface area (Å²) in [4.78, 5) is 12.1. The van der Waals surface area contributed by atoms with E-state index in [1.54, 1.807) is 0 Å². The molecule has 0 bridgehead atoms. The van der Waals surface area contributed by atoms with Crippen LogP contribution in [0.3, 0.4) is 0 Å². The predicted octanol–water partition coefficient (Wildman–Crippen LogP) is 1.76. The minimum Gasteiger partial charge on any atom is -0.396 e.